The summed E-state index contributed by atoms with van der Waals surface area (Å²) >= 11 is 0. The normalized spacial score (nSPS) is 31.6. The van der Waals surface area contributed by atoms with Crippen molar-refractivity contribution in [1.29, 1.82) is 0 Å². The molecule has 0 aromatic carbocycles. The van der Waals surface area contributed by atoms with E-state index in [4.69, 9.17) is 4.74 Å². The number of sulfone groups is 1. The fraction of sp³-hybridized carbons (Fsp3) is 1.00. The second-order valence-corrected chi connectivity index (χ2v) is 8.17. The van der Waals surface area contributed by atoms with Crippen molar-refractivity contribution in [3.8, 4) is 0 Å². The quantitative estimate of drug-likeness (QED) is 0.773. The molecule has 2 aliphatic heterocycles. The van der Waals surface area contributed by atoms with Crippen LogP contribution in [0.3, 0.4) is 0 Å². The maximum absolute atomic E-state index is 11.6. The number of nitrogens with one attached hydrogen (secondary N) is 1. The van der Waals surface area contributed by atoms with Crippen molar-refractivity contribution in [2.75, 3.05) is 31.2 Å². The van der Waals surface area contributed by atoms with Crippen molar-refractivity contribution in [3.05, 3.63) is 0 Å². The zero-order chi connectivity index (χ0) is 13.7. The summed E-state index contributed by atoms with van der Waals surface area (Å²) < 4.78 is 28.9. The lowest BCUT2D eigenvalue weighted by Gasteiger charge is -2.24. The zero-order valence-electron chi connectivity index (χ0n) is 11.9. The van der Waals surface area contributed by atoms with E-state index in [0.717, 1.165) is 39.0 Å². The van der Waals surface area contributed by atoms with Gasteiger partial charge in [0.15, 0.2) is 9.84 Å². The minimum Gasteiger partial charge on any atom is -0.378 e. The Bertz CT molecular complexity index is 363. The lowest BCUT2D eigenvalue weighted by Crippen LogP contribution is -2.29. The molecule has 3 unspecified atom stereocenters. The molecular weight excluding hydrogens is 262 g/mol. The topological polar surface area (TPSA) is 55.4 Å². The molecule has 2 aliphatic rings. The van der Waals surface area contributed by atoms with E-state index in [1.54, 1.807) is 0 Å². The second kappa shape index (κ2) is 7.04. The van der Waals surface area contributed by atoms with Crippen LogP contribution in [0.4, 0.5) is 0 Å². The van der Waals surface area contributed by atoms with Gasteiger partial charge in [0.2, 0.25) is 0 Å². The van der Waals surface area contributed by atoms with E-state index in [0.29, 0.717) is 29.4 Å². The number of hydrogen-bond acceptors (Lipinski definition) is 4. The van der Waals surface area contributed by atoms with Gasteiger partial charge in [0.1, 0.15) is 0 Å². The van der Waals surface area contributed by atoms with Crippen LogP contribution >= 0.6 is 0 Å². The Morgan fingerprint density at radius 3 is 2.79 bits per heavy atom. The Morgan fingerprint density at radius 1 is 1.37 bits per heavy atom. The standard InChI is InChI=1S/C14H27NO3S/c1-2-15-10-12(5-6-14-4-3-8-18-14)13-7-9-19(16,17)11-13/h12-15H,2-11H2,1H3. The van der Waals surface area contributed by atoms with Crippen LogP contribution in [-0.2, 0) is 14.6 Å². The van der Waals surface area contributed by atoms with Crippen LogP contribution in [0.2, 0.25) is 0 Å². The Hall–Kier alpha value is -0.130. The fourth-order valence-corrected chi connectivity index (χ4v) is 5.22. The Morgan fingerprint density at radius 2 is 2.21 bits per heavy atom. The van der Waals surface area contributed by atoms with Gasteiger partial charge in [-0.3, -0.25) is 0 Å². The third-order valence-electron chi connectivity index (χ3n) is 4.47. The first-order valence-corrected chi connectivity index (χ1v) is 9.45. The second-order valence-electron chi connectivity index (χ2n) is 5.94. The highest BCUT2D eigenvalue weighted by Crippen LogP contribution is 2.30. The number of rotatable bonds is 7. The molecule has 0 aliphatic carbocycles. The smallest absolute Gasteiger partial charge is 0.150 e. The van der Waals surface area contributed by atoms with E-state index in [1.165, 1.54) is 12.8 Å². The molecule has 0 amide bonds. The molecule has 3 atom stereocenters. The highest BCUT2D eigenvalue weighted by molar-refractivity contribution is 7.91. The Kier molecular flexibility index (Phi) is 5.66. The molecule has 0 radical (unpaired) electrons. The minimum atomic E-state index is -2.76. The van der Waals surface area contributed by atoms with Crippen molar-refractivity contribution in [1.82, 2.24) is 5.32 Å². The Labute approximate surface area is 117 Å². The van der Waals surface area contributed by atoms with Crippen LogP contribution in [0.5, 0.6) is 0 Å². The first kappa shape index (κ1) is 15.3. The van der Waals surface area contributed by atoms with E-state index < -0.39 is 9.84 Å². The summed E-state index contributed by atoms with van der Waals surface area (Å²) in [5.41, 5.74) is 0. The maximum Gasteiger partial charge on any atom is 0.150 e. The molecule has 0 aromatic heterocycles. The van der Waals surface area contributed by atoms with Gasteiger partial charge in [-0.25, -0.2) is 8.42 Å². The van der Waals surface area contributed by atoms with Gasteiger partial charge in [0.25, 0.3) is 0 Å². The van der Waals surface area contributed by atoms with Gasteiger partial charge >= 0.3 is 0 Å². The third kappa shape index (κ3) is 4.72. The van der Waals surface area contributed by atoms with E-state index in [9.17, 15) is 8.42 Å². The minimum absolute atomic E-state index is 0.352. The van der Waals surface area contributed by atoms with Crippen molar-refractivity contribution < 1.29 is 13.2 Å². The van der Waals surface area contributed by atoms with Crippen molar-refractivity contribution >= 4 is 9.84 Å². The summed E-state index contributed by atoms with van der Waals surface area (Å²) in [5, 5.41) is 3.39. The Balaban J connectivity index is 1.84. The maximum atomic E-state index is 11.6. The van der Waals surface area contributed by atoms with Gasteiger partial charge in [-0.05, 0) is 57.0 Å². The number of ether oxygens (including phenoxy) is 1. The van der Waals surface area contributed by atoms with Gasteiger partial charge in [-0.15, -0.1) is 0 Å². The lowest BCUT2D eigenvalue weighted by atomic mass is 9.86. The van der Waals surface area contributed by atoms with E-state index >= 15 is 0 Å². The largest absolute Gasteiger partial charge is 0.378 e. The molecule has 5 heteroatoms. The average Bonchev–Trinajstić information content (AvgIpc) is 2.99. The predicted octanol–water partition coefficient (Wildman–Crippen LogP) is 1.61. The van der Waals surface area contributed by atoms with Crippen LogP contribution in [0.1, 0.15) is 39.0 Å². The van der Waals surface area contributed by atoms with Gasteiger partial charge in [-0.2, -0.15) is 0 Å². The predicted molar refractivity (Wildman–Crippen MR) is 77.0 cm³/mol. The van der Waals surface area contributed by atoms with Crippen LogP contribution in [0.15, 0.2) is 0 Å². The summed E-state index contributed by atoms with van der Waals surface area (Å²) in [6.07, 6.45) is 5.81. The monoisotopic (exact) mass is 289 g/mol. The molecule has 1 N–H and O–H groups in total. The molecular formula is C14H27NO3S. The van der Waals surface area contributed by atoms with Gasteiger partial charge in [0.05, 0.1) is 17.6 Å². The molecule has 0 saturated carbocycles. The third-order valence-corrected chi connectivity index (χ3v) is 6.27. The molecule has 2 saturated heterocycles. The van der Waals surface area contributed by atoms with Crippen molar-refractivity contribution in [2.45, 2.75) is 45.1 Å². The van der Waals surface area contributed by atoms with Crippen molar-refractivity contribution in [2.24, 2.45) is 11.8 Å². The summed E-state index contributed by atoms with van der Waals surface area (Å²) in [4.78, 5) is 0. The van der Waals surface area contributed by atoms with Gasteiger partial charge in [-0.1, -0.05) is 6.92 Å². The van der Waals surface area contributed by atoms with E-state index in [-0.39, 0.29) is 0 Å². The SMILES string of the molecule is CCNCC(CCC1CCCO1)C1CCS(=O)(=O)C1. The van der Waals surface area contributed by atoms with Gasteiger partial charge in [0, 0.05) is 6.61 Å². The summed E-state index contributed by atoms with van der Waals surface area (Å²) in [7, 11) is -2.76. The highest BCUT2D eigenvalue weighted by atomic mass is 32.2. The lowest BCUT2D eigenvalue weighted by molar-refractivity contribution is 0.0951. The molecule has 0 aromatic rings. The molecule has 0 bridgehead atoms. The average molecular weight is 289 g/mol. The summed E-state index contributed by atoms with van der Waals surface area (Å²) in [6, 6.07) is 0. The molecule has 2 heterocycles. The molecule has 4 nitrogen and oxygen atoms in total. The van der Waals surface area contributed by atoms with E-state index in [1.807, 2.05) is 0 Å². The van der Waals surface area contributed by atoms with Crippen molar-refractivity contribution in [3.63, 3.8) is 0 Å². The first-order chi connectivity index (χ1) is 9.11. The molecule has 112 valence electrons. The van der Waals surface area contributed by atoms with Crippen LogP contribution in [0.25, 0.3) is 0 Å². The first-order valence-electron chi connectivity index (χ1n) is 7.63. The highest BCUT2D eigenvalue weighted by Gasteiger charge is 2.33. The van der Waals surface area contributed by atoms with Crippen LogP contribution < -0.4 is 5.32 Å². The summed E-state index contributed by atoms with van der Waals surface area (Å²) in [5.74, 6) is 1.63. The van der Waals surface area contributed by atoms with Crippen LogP contribution in [-0.4, -0.2) is 45.7 Å². The molecule has 2 rings (SSSR count). The van der Waals surface area contributed by atoms with Gasteiger partial charge < -0.3 is 10.1 Å². The van der Waals surface area contributed by atoms with Crippen LogP contribution in [0, 0.1) is 11.8 Å². The number of hydrogen-bond donors (Lipinski definition) is 1. The molecule has 0 spiro atoms. The summed E-state index contributed by atoms with van der Waals surface area (Å²) in [6.45, 7) is 4.90. The molecule has 19 heavy (non-hydrogen) atoms. The van der Waals surface area contributed by atoms with E-state index in [2.05, 4.69) is 12.2 Å². The molecule has 2 fully saturated rings. The fourth-order valence-electron chi connectivity index (χ4n) is 3.30. The zero-order valence-corrected chi connectivity index (χ0v) is 12.8.